The van der Waals surface area contributed by atoms with Crippen molar-refractivity contribution in [3.63, 3.8) is 0 Å². The van der Waals surface area contributed by atoms with E-state index < -0.39 is 47.9 Å². The van der Waals surface area contributed by atoms with E-state index in [0.29, 0.717) is 6.07 Å². The number of methoxy groups -OCH3 is 1. The van der Waals surface area contributed by atoms with Gasteiger partial charge in [0.15, 0.2) is 0 Å². The minimum atomic E-state index is -1.87. The predicted octanol–water partition coefficient (Wildman–Crippen LogP) is 3.28. The molecule has 0 amide bonds. The molecule has 3 rings (SSSR count). The molecule has 0 aliphatic carbocycles. The molecule has 0 saturated heterocycles. The van der Waals surface area contributed by atoms with E-state index in [1.165, 1.54) is 0 Å². The van der Waals surface area contributed by atoms with Crippen molar-refractivity contribution in [2.75, 3.05) is 20.4 Å². The molecule has 9 heteroatoms. The van der Waals surface area contributed by atoms with Crippen LogP contribution >= 0.6 is 0 Å². The maximum Gasteiger partial charge on any atom is 0.337 e. The van der Waals surface area contributed by atoms with Crippen LogP contribution in [0.4, 0.5) is 17.6 Å². The average Bonchev–Trinajstić information content (AvgIpc) is 2.99. The van der Waals surface area contributed by atoms with Crippen LogP contribution in [0.3, 0.4) is 0 Å². The van der Waals surface area contributed by atoms with Crippen LogP contribution in [0, 0.1) is 11.6 Å². The topological polar surface area (TPSA) is 64.6 Å². The van der Waals surface area contributed by atoms with Crippen molar-refractivity contribution in [1.29, 1.82) is 0 Å². The Balaban J connectivity index is 2.34. The van der Waals surface area contributed by atoms with E-state index in [1.807, 2.05) is 0 Å². The lowest BCUT2D eigenvalue weighted by Gasteiger charge is -2.30. The van der Waals surface area contributed by atoms with Gasteiger partial charge in [-0.3, -0.25) is 4.39 Å². The van der Waals surface area contributed by atoms with Gasteiger partial charge in [0.2, 0.25) is 0 Å². The summed E-state index contributed by atoms with van der Waals surface area (Å²) >= 11 is 0. The van der Waals surface area contributed by atoms with E-state index in [1.54, 1.807) is 0 Å². The summed E-state index contributed by atoms with van der Waals surface area (Å²) < 4.78 is 65.5. The van der Waals surface area contributed by atoms with Crippen molar-refractivity contribution in [2.24, 2.45) is 0 Å². The summed E-state index contributed by atoms with van der Waals surface area (Å²) in [6, 6.07) is 1.37. The quantitative estimate of drug-likeness (QED) is 0.608. The van der Waals surface area contributed by atoms with E-state index in [9.17, 15) is 27.2 Å². The first-order valence-corrected chi connectivity index (χ1v) is 8.47. The van der Waals surface area contributed by atoms with Gasteiger partial charge in [0, 0.05) is 23.7 Å². The molecule has 2 heterocycles. The molecule has 0 bridgehead atoms. The van der Waals surface area contributed by atoms with Gasteiger partial charge in [-0.15, -0.1) is 0 Å². The second-order valence-corrected chi connectivity index (χ2v) is 6.36. The fraction of sp³-hybridized carbons (Fsp3) is 0.368. The minimum absolute atomic E-state index is 0.0820. The zero-order valence-electron chi connectivity index (χ0n) is 15.1. The van der Waals surface area contributed by atoms with Gasteiger partial charge in [0.25, 0.3) is 0 Å². The molecule has 1 aromatic carbocycles. The van der Waals surface area contributed by atoms with Gasteiger partial charge in [-0.25, -0.2) is 22.8 Å². The number of hydrogen-bond acceptors (Lipinski definition) is 5. The van der Waals surface area contributed by atoms with Crippen LogP contribution in [0.5, 0.6) is 0 Å². The highest BCUT2D eigenvalue weighted by Gasteiger charge is 2.44. The number of cyclic esters (lactones) is 1. The van der Waals surface area contributed by atoms with Crippen LogP contribution in [-0.2, 0) is 19.1 Å². The average molecular weight is 399 g/mol. The molecule has 0 unspecified atom stereocenters. The van der Waals surface area contributed by atoms with Gasteiger partial charge in [-0.2, -0.15) is 0 Å². The van der Waals surface area contributed by atoms with Gasteiger partial charge < -0.3 is 14.8 Å². The number of alkyl halides is 2. The number of halogens is 4. The number of esters is 2. The second-order valence-electron chi connectivity index (χ2n) is 6.36. The first kappa shape index (κ1) is 19.9. The monoisotopic (exact) mass is 399 g/mol. The molecule has 0 aromatic heterocycles. The normalized spacial score (nSPS) is 19.9. The van der Waals surface area contributed by atoms with Crippen LogP contribution in [0.2, 0.25) is 0 Å². The molecule has 5 nitrogen and oxygen atoms in total. The highest BCUT2D eigenvalue weighted by atomic mass is 19.1. The largest absolute Gasteiger partial charge is 0.466 e. The van der Waals surface area contributed by atoms with Gasteiger partial charge >= 0.3 is 11.9 Å². The number of ether oxygens (including phenoxy) is 2. The molecule has 1 aromatic rings. The Kier molecular flexibility index (Phi) is 5.44. The number of benzene rings is 1. The van der Waals surface area contributed by atoms with Crippen LogP contribution in [0.25, 0.3) is 0 Å². The molecular formula is C19H17F4NO4. The lowest BCUT2D eigenvalue weighted by atomic mass is 9.77. The molecule has 28 heavy (non-hydrogen) atoms. The molecule has 2 atom stereocenters. The number of carbonyl (C=O) groups is 2. The van der Waals surface area contributed by atoms with Gasteiger partial charge in [0.1, 0.15) is 24.4 Å². The van der Waals surface area contributed by atoms with Crippen molar-refractivity contribution >= 4 is 11.9 Å². The number of allylic oxidation sites excluding steroid dienone is 1. The van der Waals surface area contributed by atoms with Crippen LogP contribution in [0.15, 0.2) is 34.7 Å². The van der Waals surface area contributed by atoms with Crippen molar-refractivity contribution in [1.82, 2.24) is 5.32 Å². The van der Waals surface area contributed by atoms with E-state index in [4.69, 9.17) is 9.47 Å². The molecule has 0 fully saturated rings. The highest BCUT2D eigenvalue weighted by molar-refractivity contribution is 6.01. The Morgan fingerprint density at radius 3 is 2.71 bits per heavy atom. The Morgan fingerprint density at radius 1 is 1.39 bits per heavy atom. The van der Waals surface area contributed by atoms with Crippen LogP contribution < -0.4 is 5.32 Å². The lowest BCUT2D eigenvalue weighted by molar-refractivity contribution is -0.136. The van der Waals surface area contributed by atoms with Crippen molar-refractivity contribution in [2.45, 2.75) is 25.4 Å². The fourth-order valence-electron chi connectivity index (χ4n) is 3.60. The third-order valence-corrected chi connectivity index (χ3v) is 4.68. The first-order chi connectivity index (χ1) is 13.3. The smallest absolute Gasteiger partial charge is 0.337 e. The minimum Gasteiger partial charge on any atom is -0.466 e. The molecule has 150 valence electrons. The van der Waals surface area contributed by atoms with E-state index in [2.05, 4.69) is 5.32 Å². The summed E-state index contributed by atoms with van der Waals surface area (Å²) in [5, 5.41) is 2.78. The van der Waals surface area contributed by atoms with Crippen molar-refractivity contribution in [3.8, 4) is 0 Å². The summed E-state index contributed by atoms with van der Waals surface area (Å²) in [6.45, 7) is 0.0111. The Hall–Kier alpha value is -2.84. The lowest BCUT2D eigenvalue weighted by Crippen LogP contribution is -2.32. The maximum atomic E-state index is 14.4. The summed E-state index contributed by atoms with van der Waals surface area (Å²) in [5.41, 5.74) is -0.746. The van der Waals surface area contributed by atoms with Gasteiger partial charge in [-0.05, 0) is 18.6 Å². The summed E-state index contributed by atoms with van der Waals surface area (Å²) in [6.07, 6.45) is -2.11. The van der Waals surface area contributed by atoms with Crippen molar-refractivity contribution in [3.05, 3.63) is 57.4 Å². The molecule has 2 aliphatic rings. The SMILES string of the molecule is COC(=O)C1=C(CCF)NC2=C(C(=O)OC2)[C@@H]1c1cc(F)cc(F)c1[C@@H](C)F. The highest BCUT2D eigenvalue weighted by Crippen LogP contribution is 2.45. The fourth-order valence-corrected chi connectivity index (χ4v) is 3.60. The summed E-state index contributed by atoms with van der Waals surface area (Å²) in [7, 11) is 1.07. The third kappa shape index (κ3) is 3.25. The maximum absolute atomic E-state index is 14.4. The number of carbonyl (C=O) groups excluding carboxylic acids is 2. The molecule has 0 saturated carbocycles. The predicted molar refractivity (Wildman–Crippen MR) is 89.4 cm³/mol. The standard InChI is InChI=1S/C19H17F4NO4/c1-8(21)14-10(5-9(22)6-11(14)23)15-16(18(25)27-2)12(3-4-20)24-13-7-28-19(26)17(13)15/h5-6,8,15,24H,3-4,7H2,1-2H3/t8-,15-/m1/s1. The number of nitrogens with one attached hydrogen (secondary N) is 1. The van der Waals surface area contributed by atoms with Crippen molar-refractivity contribution < 1.29 is 36.6 Å². The third-order valence-electron chi connectivity index (χ3n) is 4.68. The first-order valence-electron chi connectivity index (χ1n) is 8.47. The van der Waals surface area contributed by atoms with Crippen LogP contribution in [-0.4, -0.2) is 32.3 Å². The summed E-state index contributed by atoms with van der Waals surface area (Å²) in [4.78, 5) is 24.8. The van der Waals surface area contributed by atoms with E-state index in [0.717, 1.165) is 20.1 Å². The van der Waals surface area contributed by atoms with Crippen LogP contribution in [0.1, 0.15) is 36.6 Å². The number of dihydropyridines is 1. The Bertz CT molecular complexity index is 907. The summed E-state index contributed by atoms with van der Waals surface area (Å²) in [5.74, 6) is -5.29. The number of hydrogen-bond donors (Lipinski definition) is 1. The molecular weight excluding hydrogens is 382 g/mol. The second kappa shape index (κ2) is 7.65. The van der Waals surface area contributed by atoms with Gasteiger partial charge in [-0.1, -0.05) is 0 Å². The molecule has 1 N–H and O–H groups in total. The van der Waals surface area contributed by atoms with E-state index in [-0.39, 0.29) is 41.1 Å². The Morgan fingerprint density at radius 2 is 2.11 bits per heavy atom. The number of rotatable bonds is 5. The Labute approximate surface area is 158 Å². The van der Waals surface area contributed by atoms with E-state index >= 15 is 0 Å². The molecule has 0 spiro atoms. The zero-order chi connectivity index (χ0) is 20.6. The molecule has 2 aliphatic heterocycles. The van der Waals surface area contributed by atoms with Gasteiger partial charge in [0.05, 0.1) is 36.5 Å². The zero-order valence-corrected chi connectivity index (χ0v) is 15.1. The molecule has 0 radical (unpaired) electrons.